The van der Waals surface area contributed by atoms with Crippen molar-refractivity contribution in [2.75, 3.05) is 11.4 Å². The largest absolute Gasteiger partial charge is 0.384 e. The third kappa shape index (κ3) is 2.70. The molecule has 0 atom stereocenters. The lowest BCUT2D eigenvalue weighted by Gasteiger charge is -2.27. The number of benzene rings is 2. The summed E-state index contributed by atoms with van der Waals surface area (Å²) in [5, 5.41) is 7.82. The number of rotatable bonds is 4. The summed E-state index contributed by atoms with van der Waals surface area (Å²) >= 11 is 3.49. The van der Waals surface area contributed by atoms with Gasteiger partial charge in [0, 0.05) is 16.7 Å². The van der Waals surface area contributed by atoms with Crippen molar-refractivity contribution >= 4 is 33.1 Å². The van der Waals surface area contributed by atoms with Gasteiger partial charge < -0.3 is 10.6 Å². The van der Waals surface area contributed by atoms with E-state index in [0.717, 1.165) is 28.0 Å². The summed E-state index contributed by atoms with van der Waals surface area (Å²) in [6.07, 6.45) is 0. The fourth-order valence-electron chi connectivity index (χ4n) is 2.34. The fraction of sp³-hybridized carbons (Fsp3) is 0.188. The van der Waals surface area contributed by atoms with Gasteiger partial charge in [0.15, 0.2) is 0 Å². The first-order valence-electron chi connectivity index (χ1n) is 6.52. The van der Waals surface area contributed by atoms with Crippen molar-refractivity contribution in [2.24, 2.45) is 5.73 Å². The summed E-state index contributed by atoms with van der Waals surface area (Å²) in [7, 11) is 0. The maximum atomic E-state index is 7.82. The average Bonchev–Trinajstić information content (AvgIpc) is 2.41. The van der Waals surface area contributed by atoms with Gasteiger partial charge in [0.05, 0.1) is 11.3 Å². The lowest BCUT2D eigenvalue weighted by molar-refractivity contribution is 1.01. The summed E-state index contributed by atoms with van der Waals surface area (Å²) in [6.45, 7) is 4.99. The lowest BCUT2D eigenvalue weighted by Crippen LogP contribution is -2.22. The van der Waals surface area contributed by atoms with Gasteiger partial charge in [-0.3, -0.25) is 5.41 Å². The van der Waals surface area contributed by atoms with Crippen LogP contribution in [-0.2, 0) is 0 Å². The number of hydrogen-bond acceptors (Lipinski definition) is 2. The minimum absolute atomic E-state index is 0.0690. The number of aryl methyl sites for hydroxylation is 1. The summed E-state index contributed by atoms with van der Waals surface area (Å²) in [5.74, 6) is 0.0690. The van der Waals surface area contributed by atoms with Crippen molar-refractivity contribution in [3.63, 3.8) is 0 Å². The predicted octanol–water partition coefficient (Wildman–Crippen LogP) is 4.20. The molecule has 20 heavy (non-hydrogen) atoms. The summed E-state index contributed by atoms with van der Waals surface area (Å²) in [4.78, 5) is 2.18. The molecule has 0 saturated carbocycles. The fourth-order valence-corrected chi connectivity index (χ4v) is 2.91. The van der Waals surface area contributed by atoms with Crippen LogP contribution in [0.5, 0.6) is 0 Å². The van der Waals surface area contributed by atoms with Crippen molar-refractivity contribution in [3.05, 3.63) is 58.1 Å². The average molecular weight is 332 g/mol. The van der Waals surface area contributed by atoms with E-state index in [1.54, 1.807) is 0 Å². The number of nitrogens with two attached hydrogens (primary N) is 1. The van der Waals surface area contributed by atoms with Gasteiger partial charge in [-0.2, -0.15) is 0 Å². The Bertz CT molecular complexity index is 637. The van der Waals surface area contributed by atoms with E-state index in [4.69, 9.17) is 11.1 Å². The Morgan fingerprint density at radius 2 is 1.80 bits per heavy atom. The Morgan fingerprint density at radius 3 is 2.40 bits per heavy atom. The molecule has 0 aliphatic heterocycles. The molecule has 3 N–H and O–H groups in total. The maximum Gasteiger partial charge on any atom is 0.126 e. The molecule has 0 bridgehead atoms. The molecule has 4 heteroatoms. The van der Waals surface area contributed by atoms with Gasteiger partial charge in [-0.1, -0.05) is 24.3 Å². The smallest absolute Gasteiger partial charge is 0.126 e. The highest BCUT2D eigenvalue weighted by Crippen LogP contribution is 2.33. The van der Waals surface area contributed by atoms with Crippen molar-refractivity contribution in [1.29, 1.82) is 5.41 Å². The van der Waals surface area contributed by atoms with Crippen LogP contribution in [0.25, 0.3) is 0 Å². The number of para-hydroxylation sites is 1. The van der Waals surface area contributed by atoms with E-state index >= 15 is 0 Å². The molecule has 0 aliphatic carbocycles. The maximum absolute atomic E-state index is 7.82. The van der Waals surface area contributed by atoms with E-state index in [1.165, 1.54) is 5.56 Å². The second-order valence-electron chi connectivity index (χ2n) is 4.58. The molecular formula is C16H18BrN3. The molecule has 0 radical (unpaired) electrons. The molecule has 0 aromatic heterocycles. The van der Waals surface area contributed by atoms with E-state index in [0.29, 0.717) is 0 Å². The zero-order valence-corrected chi connectivity index (χ0v) is 13.2. The first kappa shape index (κ1) is 14.6. The van der Waals surface area contributed by atoms with Crippen molar-refractivity contribution in [3.8, 4) is 0 Å². The normalized spacial score (nSPS) is 10.3. The molecular weight excluding hydrogens is 314 g/mol. The Hall–Kier alpha value is -1.81. The zero-order chi connectivity index (χ0) is 14.7. The minimum atomic E-state index is 0.0690. The van der Waals surface area contributed by atoms with Gasteiger partial charge in [-0.25, -0.2) is 0 Å². The van der Waals surface area contributed by atoms with Crippen LogP contribution >= 0.6 is 15.9 Å². The van der Waals surface area contributed by atoms with Gasteiger partial charge in [0.1, 0.15) is 5.84 Å². The Kier molecular flexibility index (Phi) is 4.45. The second kappa shape index (κ2) is 6.09. The van der Waals surface area contributed by atoms with Crippen molar-refractivity contribution in [2.45, 2.75) is 13.8 Å². The number of halogens is 1. The van der Waals surface area contributed by atoms with Crippen LogP contribution in [0.4, 0.5) is 11.4 Å². The molecule has 104 valence electrons. The Morgan fingerprint density at radius 1 is 1.15 bits per heavy atom. The highest BCUT2D eigenvalue weighted by molar-refractivity contribution is 9.10. The SMILES string of the molecule is CCN(c1ccccc1C)c1cccc(Br)c1C(=N)N. The molecule has 0 unspecified atom stereocenters. The number of amidine groups is 1. The summed E-state index contributed by atoms with van der Waals surface area (Å²) in [6, 6.07) is 14.1. The van der Waals surface area contributed by atoms with E-state index in [1.807, 2.05) is 30.3 Å². The van der Waals surface area contributed by atoms with Crippen molar-refractivity contribution in [1.82, 2.24) is 0 Å². The van der Waals surface area contributed by atoms with E-state index in [-0.39, 0.29) is 5.84 Å². The Labute approximate surface area is 128 Å². The van der Waals surface area contributed by atoms with Crippen molar-refractivity contribution < 1.29 is 0 Å². The standard InChI is InChI=1S/C16H18BrN3/c1-3-20(13-9-5-4-7-11(13)2)14-10-6-8-12(17)15(14)16(18)19/h4-10H,3H2,1-2H3,(H3,18,19). The minimum Gasteiger partial charge on any atom is -0.384 e. The lowest BCUT2D eigenvalue weighted by atomic mass is 10.1. The van der Waals surface area contributed by atoms with E-state index < -0.39 is 0 Å². The molecule has 2 aromatic rings. The van der Waals surface area contributed by atoms with Crippen LogP contribution in [-0.4, -0.2) is 12.4 Å². The van der Waals surface area contributed by atoms with Gasteiger partial charge in [-0.05, 0) is 53.5 Å². The third-order valence-corrected chi connectivity index (χ3v) is 3.94. The number of nitrogens with one attached hydrogen (secondary N) is 1. The summed E-state index contributed by atoms with van der Waals surface area (Å²) < 4.78 is 0.842. The predicted molar refractivity (Wildman–Crippen MR) is 89.0 cm³/mol. The zero-order valence-electron chi connectivity index (χ0n) is 11.7. The molecule has 0 aliphatic rings. The van der Waals surface area contributed by atoms with Crippen LogP contribution in [0, 0.1) is 12.3 Å². The van der Waals surface area contributed by atoms with Crippen LogP contribution in [0.15, 0.2) is 46.9 Å². The second-order valence-corrected chi connectivity index (χ2v) is 5.43. The first-order valence-corrected chi connectivity index (χ1v) is 7.31. The topological polar surface area (TPSA) is 53.1 Å². The first-order chi connectivity index (χ1) is 9.56. The van der Waals surface area contributed by atoms with Gasteiger partial charge >= 0.3 is 0 Å². The molecule has 0 amide bonds. The van der Waals surface area contributed by atoms with Gasteiger partial charge in [0.2, 0.25) is 0 Å². The van der Waals surface area contributed by atoms with Crippen LogP contribution in [0.3, 0.4) is 0 Å². The monoisotopic (exact) mass is 331 g/mol. The molecule has 0 saturated heterocycles. The molecule has 0 fully saturated rings. The molecule has 0 spiro atoms. The van der Waals surface area contributed by atoms with Gasteiger partial charge in [0.25, 0.3) is 0 Å². The Balaban J connectivity index is 2.62. The van der Waals surface area contributed by atoms with Crippen LogP contribution in [0.1, 0.15) is 18.1 Å². The van der Waals surface area contributed by atoms with Gasteiger partial charge in [-0.15, -0.1) is 0 Å². The number of anilines is 2. The quantitative estimate of drug-likeness (QED) is 0.651. The molecule has 3 nitrogen and oxygen atoms in total. The number of nitrogen functional groups attached to an aromatic ring is 1. The van der Waals surface area contributed by atoms with E-state index in [2.05, 4.69) is 46.8 Å². The molecule has 0 heterocycles. The van der Waals surface area contributed by atoms with Crippen LogP contribution < -0.4 is 10.6 Å². The third-order valence-electron chi connectivity index (χ3n) is 3.27. The number of hydrogen-bond donors (Lipinski definition) is 2. The highest BCUT2D eigenvalue weighted by Gasteiger charge is 2.17. The highest BCUT2D eigenvalue weighted by atomic mass is 79.9. The molecule has 2 aromatic carbocycles. The van der Waals surface area contributed by atoms with Crippen LogP contribution in [0.2, 0.25) is 0 Å². The summed E-state index contributed by atoms with van der Waals surface area (Å²) in [5.41, 5.74) is 9.77. The molecule has 2 rings (SSSR count). The van der Waals surface area contributed by atoms with E-state index in [9.17, 15) is 0 Å². The number of nitrogens with zero attached hydrogens (tertiary/aromatic N) is 1.